The summed E-state index contributed by atoms with van der Waals surface area (Å²) in [6.45, 7) is 2.60. The van der Waals surface area contributed by atoms with Crippen molar-refractivity contribution in [3.05, 3.63) is 52.1 Å². The summed E-state index contributed by atoms with van der Waals surface area (Å²) in [5.74, 6) is 0.118. The Morgan fingerprint density at radius 1 is 1.38 bits per heavy atom. The highest BCUT2D eigenvalue weighted by Crippen LogP contribution is 2.19. The number of nitrogens with zero attached hydrogens (tertiary/aromatic N) is 2. The van der Waals surface area contributed by atoms with Crippen LogP contribution in [0, 0.1) is 6.92 Å². The summed E-state index contributed by atoms with van der Waals surface area (Å²) in [5.41, 5.74) is 4.94. The van der Waals surface area contributed by atoms with Gasteiger partial charge in [0, 0.05) is 29.0 Å². The van der Waals surface area contributed by atoms with Gasteiger partial charge in [-0.3, -0.25) is 4.79 Å². The van der Waals surface area contributed by atoms with Gasteiger partial charge in [0.2, 0.25) is 5.91 Å². The number of benzene rings is 1. The molecule has 0 saturated heterocycles. The minimum absolute atomic E-state index is 0.118. The molecule has 0 atom stereocenters. The lowest BCUT2D eigenvalue weighted by molar-refractivity contribution is -0.129. The SMILES string of the molecule is Cc1ncsc1CN(C)C(=O)Cc1c[nH]c2ccccc12. The Hall–Kier alpha value is -2.14. The zero-order valence-electron chi connectivity index (χ0n) is 12.1. The Bertz CT molecular complexity index is 775. The fraction of sp³-hybridized carbons (Fsp3) is 0.250. The van der Waals surface area contributed by atoms with Gasteiger partial charge in [-0.2, -0.15) is 0 Å². The van der Waals surface area contributed by atoms with Gasteiger partial charge in [0.05, 0.1) is 24.2 Å². The third-order valence-corrected chi connectivity index (χ3v) is 4.59. The van der Waals surface area contributed by atoms with Gasteiger partial charge in [-0.05, 0) is 18.6 Å². The molecule has 0 radical (unpaired) electrons. The number of aromatic amines is 1. The van der Waals surface area contributed by atoms with Gasteiger partial charge in [-0.25, -0.2) is 4.98 Å². The smallest absolute Gasteiger partial charge is 0.227 e. The van der Waals surface area contributed by atoms with Crippen LogP contribution in [-0.2, 0) is 17.8 Å². The lowest BCUT2D eigenvalue weighted by Gasteiger charge is -2.16. The number of hydrogen-bond acceptors (Lipinski definition) is 3. The van der Waals surface area contributed by atoms with Gasteiger partial charge >= 0.3 is 0 Å². The molecule has 0 fully saturated rings. The van der Waals surface area contributed by atoms with E-state index in [-0.39, 0.29) is 5.91 Å². The van der Waals surface area contributed by atoms with Crippen molar-refractivity contribution in [3.63, 3.8) is 0 Å². The first-order chi connectivity index (χ1) is 10.1. The Kier molecular flexibility index (Phi) is 3.75. The Morgan fingerprint density at radius 2 is 2.19 bits per heavy atom. The van der Waals surface area contributed by atoms with Crippen molar-refractivity contribution in [2.24, 2.45) is 0 Å². The molecule has 5 heteroatoms. The number of para-hydroxylation sites is 1. The van der Waals surface area contributed by atoms with E-state index in [1.165, 1.54) is 0 Å². The number of aryl methyl sites for hydroxylation is 1. The second kappa shape index (κ2) is 5.69. The quantitative estimate of drug-likeness (QED) is 0.804. The first-order valence-electron chi connectivity index (χ1n) is 6.83. The summed E-state index contributed by atoms with van der Waals surface area (Å²) in [5, 5.41) is 1.12. The first-order valence-corrected chi connectivity index (χ1v) is 7.71. The molecule has 0 bridgehead atoms. The van der Waals surface area contributed by atoms with E-state index in [0.29, 0.717) is 13.0 Å². The molecule has 1 N–H and O–H groups in total. The van der Waals surface area contributed by atoms with E-state index in [1.807, 2.05) is 49.9 Å². The van der Waals surface area contributed by atoms with Crippen LogP contribution in [0.4, 0.5) is 0 Å². The van der Waals surface area contributed by atoms with Crippen LogP contribution >= 0.6 is 11.3 Å². The third kappa shape index (κ3) is 2.83. The monoisotopic (exact) mass is 299 g/mol. The Balaban J connectivity index is 1.72. The highest BCUT2D eigenvalue weighted by molar-refractivity contribution is 7.09. The average molecular weight is 299 g/mol. The van der Waals surface area contributed by atoms with E-state index >= 15 is 0 Å². The molecule has 0 aliphatic rings. The van der Waals surface area contributed by atoms with Crippen molar-refractivity contribution in [1.29, 1.82) is 0 Å². The molecule has 4 nitrogen and oxygen atoms in total. The van der Waals surface area contributed by atoms with Crippen LogP contribution < -0.4 is 0 Å². The van der Waals surface area contributed by atoms with Crippen LogP contribution in [0.5, 0.6) is 0 Å². The maximum Gasteiger partial charge on any atom is 0.227 e. The van der Waals surface area contributed by atoms with E-state index in [4.69, 9.17) is 0 Å². The Morgan fingerprint density at radius 3 is 2.95 bits per heavy atom. The van der Waals surface area contributed by atoms with Crippen molar-refractivity contribution in [2.75, 3.05) is 7.05 Å². The van der Waals surface area contributed by atoms with E-state index in [1.54, 1.807) is 16.2 Å². The van der Waals surface area contributed by atoms with Crippen LogP contribution in [0.2, 0.25) is 0 Å². The molecule has 1 amide bonds. The van der Waals surface area contributed by atoms with Gasteiger partial charge in [0.1, 0.15) is 0 Å². The van der Waals surface area contributed by atoms with Crippen LogP contribution in [0.25, 0.3) is 10.9 Å². The van der Waals surface area contributed by atoms with E-state index in [2.05, 4.69) is 9.97 Å². The topological polar surface area (TPSA) is 49.0 Å². The van der Waals surface area contributed by atoms with Crippen LogP contribution in [0.1, 0.15) is 16.1 Å². The van der Waals surface area contributed by atoms with Crippen molar-refractivity contribution in [2.45, 2.75) is 19.9 Å². The van der Waals surface area contributed by atoms with Crippen LogP contribution in [0.3, 0.4) is 0 Å². The van der Waals surface area contributed by atoms with Crippen molar-refractivity contribution in [1.82, 2.24) is 14.9 Å². The predicted molar refractivity (Wildman–Crippen MR) is 85.3 cm³/mol. The number of carbonyl (C=O) groups is 1. The molecule has 0 aliphatic carbocycles. The summed E-state index contributed by atoms with van der Waals surface area (Å²) < 4.78 is 0. The molecule has 108 valence electrons. The maximum absolute atomic E-state index is 12.4. The van der Waals surface area contributed by atoms with Gasteiger partial charge in [-0.15, -0.1) is 11.3 Å². The fourth-order valence-corrected chi connectivity index (χ4v) is 3.19. The van der Waals surface area contributed by atoms with Crippen molar-refractivity contribution < 1.29 is 4.79 Å². The minimum Gasteiger partial charge on any atom is -0.361 e. The van der Waals surface area contributed by atoms with Gasteiger partial charge in [-0.1, -0.05) is 18.2 Å². The van der Waals surface area contributed by atoms with E-state index in [0.717, 1.165) is 27.0 Å². The van der Waals surface area contributed by atoms with E-state index in [9.17, 15) is 4.79 Å². The number of nitrogens with one attached hydrogen (secondary N) is 1. The van der Waals surface area contributed by atoms with Crippen LogP contribution in [0.15, 0.2) is 36.0 Å². The number of fused-ring (bicyclic) bond motifs is 1. The second-order valence-electron chi connectivity index (χ2n) is 5.15. The molecule has 0 saturated carbocycles. The molecule has 0 unspecified atom stereocenters. The standard InChI is InChI=1S/C16H17N3OS/c1-11-15(21-10-18-11)9-19(2)16(20)7-12-8-17-14-6-4-3-5-13(12)14/h3-6,8,10,17H,7,9H2,1-2H3. The summed E-state index contributed by atoms with van der Waals surface area (Å²) in [7, 11) is 1.84. The molecule has 3 aromatic rings. The van der Waals surface area contributed by atoms with Gasteiger partial charge in [0.15, 0.2) is 0 Å². The normalized spacial score (nSPS) is 11.0. The molecule has 2 heterocycles. The molecule has 1 aromatic carbocycles. The highest BCUT2D eigenvalue weighted by atomic mass is 32.1. The molecule has 0 spiro atoms. The number of H-pyrrole nitrogens is 1. The van der Waals surface area contributed by atoms with Gasteiger partial charge < -0.3 is 9.88 Å². The molecule has 21 heavy (non-hydrogen) atoms. The molecular weight excluding hydrogens is 282 g/mol. The lowest BCUT2D eigenvalue weighted by atomic mass is 10.1. The Labute approximate surface area is 127 Å². The number of thiazole rings is 1. The number of rotatable bonds is 4. The predicted octanol–water partition coefficient (Wildman–Crippen LogP) is 3.13. The highest BCUT2D eigenvalue weighted by Gasteiger charge is 2.14. The van der Waals surface area contributed by atoms with Crippen molar-refractivity contribution >= 4 is 28.1 Å². The average Bonchev–Trinajstić information content (AvgIpc) is 3.07. The lowest BCUT2D eigenvalue weighted by Crippen LogP contribution is -2.27. The molecule has 2 aromatic heterocycles. The fourth-order valence-electron chi connectivity index (χ4n) is 2.36. The number of amides is 1. The zero-order valence-corrected chi connectivity index (χ0v) is 12.9. The molecule has 0 aliphatic heterocycles. The number of likely N-dealkylation sites (N-methyl/N-ethyl adjacent to an activating group) is 1. The molecule has 3 rings (SSSR count). The third-order valence-electron chi connectivity index (χ3n) is 3.67. The zero-order chi connectivity index (χ0) is 14.8. The van der Waals surface area contributed by atoms with Gasteiger partial charge in [0.25, 0.3) is 0 Å². The maximum atomic E-state index is 12.4. The minimum atomic E-state index is 0.118. The van der Waals surface area contributed by atoms with Crippen molar-refractivity contribution in [3.8, 4) is 0 Å². The number of aromatic nitrogens is 2. The summed E-state index contributed by atoms with van der Waals surface area (Å²) in [6, 6.07) is 8.05. The number of hydrogen-bond donors (Lipinski definition) is 1. The number of carbonyl (C=O) groups excluding carboxylic acids is 1. The molecular formula is C16H17N3OS. The largest absolute Gasteiger partial charge is 0.361 e. The van der Waals surface area contributed by atoms with E-state index < -0.39 is 0 Å². The summed E-state index contributed by atoms with van der Waals surface area (Å²) in [4.78, 5) is 22.7. The summed E-state index contributed by atoms with van der Waals surface area (Å²) in [6.07, 6.45) is 2.34. The summed E-state index contributed by atoms with van der Waals surface area (Å²) >= 11 is 1.59. The van der Waals surface area contributed by atoms with Crippen LogP contribution in [-0.4, -0.2) is 27.8 Å². The second-order valence-corrected chi connectivity index (χ2v) is 6.09. The first kappa shape index (κ1) is 13.8.